The molecule has 0 fully saturated rings. The summed E-state index contributed by atoms with van der Waals surface area (Å²) >= 11 is 0. The lowest BCUT2D eigenvalue weighted by molar-refractivity contribution is 0.101. The Kier molecular flexibility index (Phi) is 7.48. The molecule has 1 atom stereocenters. The van der Waals surface area contributed by atoms with Crippen molar-refractivity contribution in [3.8, 4) is 22.5 Å². The number of rotatable bonds is 7. The molecule has 1 aliphatic carbocycles. The molecule has 1 aliphatic heterocycles. The Morgan fingerprint density at radius 3 is 2.35 bits per heavy atom. The predicted molar refractivity (Wildman–Crippen MR) is 156 cm³/mol. The summed E-state index contributed by atoms with van der Waals surface area (Å²) in [6.07, 6.45) is -0.983. The van der Waals surface area contributed by atoms with E-state index in [2.05, 4.69) is 29.4 Å². The Balaban J connectivity index is 1.76. The number of hydrogen-bond acceptors (Lipinski definition) is 7. The fourth-order valence-electron chi connectivity index (χ4n) is 5.03. The van der Waals surface area contributed by atoms with Crippen LogP contribution in [0.1, 0.15) is 16.7 Å². The fourth-order valence-corrected chi connectivity index (χ4v) is 5.73. The largest absolute Gasteiger partial charge is 0.456 e. The minimum Gasteiger partial charge on any atom is -0.456 e. The van der Waals surface area contributed by atoms with Gasteiger partial charge in [0.2, 0.25) is 0 Å². The summed E-state index contributed by atoms with van der Waals surface area (Å²) in [5.41, 5.74) is 7.19. The van der Waals surface area contributed by atoms with Crippen molar-refractivity contribution in [2.75, 3.05) is 18.5 Å². The van der Waals surface area contributed by atoms with Gasteiger partial charge in [0.1, 0.15) is 16.2 Å². The normalized spacial score (nSPS) is 13.2. The van der Waals surface area contributed by atoms with Crippen LogP contribution in [0.4, 0.5) is 11.4 Å². The molecule has 4 N–H and O–H groups in total. The van der Waals surface area contributed by atoms with Crippen molar-refractivity contribution in [3.05, 3.63) is 94.8 Å². The fraction of sp³-hybridized carbons (Fsp3) is 0.194. The molecule has 40 heavy (non-hydrogen) atoms. The molecular weight excluding hydrogens is 528 g/mol. The molecule has 0 saturated heterocycles. The van der Waals surface area contributed by atoms with Crippen molar-refractivity contribution in [1.29, 1.82) is 0 Å². The van der Waals surface area contributed by atoms with Gasteiger partial charge in [-0.1, -0.05) is 35.9 Å². The van der Waals surface area contributed by atoms with E-state index in [0.29, 0.717) is 38.8 Å². The summed E-state index contributed by atoms with van der Waals surface area (Å²) in [7, 11) is -4.52. The second-order valence-corrected chi connectivity index (χ2v) is 11.3. The molecule has 0 radical (unpaired) electrons. The van der Waals surface area contributed by atoms with Gasteiger partial charge in [-0.2, -0.15) is 8.42 Å². The third kappa shape index (κ3) is 5.50. The van der Waals surface area contributed by atoms with E-state index in [1.807, 2.05) is 32.0 Å². The van der Waals surface area contributed by atoms with E-state index < -0.39 is 22.8 Å². The molecule has 0 bridgehead atoms. The molecular formula is C31H30N2O6S. The van der Waals surface area contributed by atoms with E-state index >= 15 is 0 Å². The maximum absolute atomic E-state index is 12.3. The van der Waals surface area contributed by atoms with Crippen LogP contribution in [0.3, 0.4) is 0 Å². The number of benzene rings is 4. The van der Waals surface area contributed by atoms with Crippen LogP contribution < -0.4 is 10.7 Å². The Labute approximate surface area is 232 Å². The molecule has 9 heteroatoms. The van der Waals surface area contributed by atoms with Gasteiger partial charge in [-0.15, -0.1) is 0 Å². The third-order valence-corrected chi connectivity index (χ3v) is 7.69. The lowest BCUT2D eigenvalue weighted by Crippen LogP contribution is -2.18. The van der Waals surface area contributed by atoms with Crippen LogP contribution in [0, 0.1) is 20.8 Å². The average molecular weight is 559 g/mol. The van der Waals surface area contributed by atoms with Crippen LogP contribution in [0.15, 0.2) is 87.1 Å². The van der Waals surface area contributed by atoms with Crippen molar-refractivity contribution in [1.82, 2.24) is 0 Å². The van der Waals surface area contributed by atoms with Gasteiger partial charge in [-0.25, -0.2) is 0 Å². The van der Waals surface area contributed by atoms with Gasteiger partial charge in [0.05, 0.1) is 24.6 Å². The highest BCUT2D eigenvalue weighted by Gasteiger charge is 2.23. The number of aryl methyl sites for hydroxylation is 3. The van der Waals surface area contributed by atoms with Crippen molar-refractivity contribution in [2.45, 2.75) is 31.8 Å². The second-order valence-electron chi connectivity index (χ2n) is 9.92. The van der Waals surface area contributed by atoms with Crippen LogP contribution in [-0.2, 0) is 10.1 Å². The van der Waals surface area contributed by atoms with E-state index in [1.54, 1.807) is 36.4 Å². The Morgan fingerprint density at radius 1 is 0.925 bits per heavy atom. The van der Waals surface area contributed by atoms with Gasteiger partial charge < -0.3 is 19.9 Å². The topological polar surface area (TPSA) is 132 Å². The Morgan fingerprint density at radius 2 is 1.65 bits per heavy atom. The molecule has 3 aromatic rings. The monoisotopic (exact) mass is 558 g/mol. The van der Waals surface area contributed by atoms with Crippen LogP contribution in [0.25, 0.3) is 33.4 Å². The Bertz CT molecular complexity index is 1850. The van der Waals surface area contributed by atoms with Gasteiger partial charge in [0.15, 0.2) is 0 Å². The zero-order valence-corrected chi connectivity index (χ0v) is 23.2. The van der Waals surface area contributed by atoms with E-state index in [0.717, 1.165) is 22.5 Å². The molecule has 0 spiro atoms. The van der Waals surface area contributed by atoms with Crippen LogP contribution in [0.5, 0.6) is 0 Å². The van der Waals surface area contributed by atoms with Gasteiger partial charge in [-0.05, 0) is 62.2 Å². The standard InChI is InChI=1S/C31H30N2O6S/c1-18-12-19(2)31(20(3)13-18)33-22-9-11-25-28(15-22)39-27-14-21(32-16-23(35)17-34)8-10-24(27)30(25)26-6-4-5-7-29(26)40(36,37)38/h4-15,23,33-35H,16-17H2,1-3H3,(H,36,37,38). The molecule has 5 rings (SSSR count). The number of nitrogens with zero attached hydrogens (tertiary/aromatic N) is 1. The summed E-state index contributed by atoms with van der Waals surface area (Å²) in [5, 5.41) is 23.5. The van der Waals surface area contributed by atoms with Gasteiger partial charge in [-0.3, -0.25) is 9.55 Å². The number of fused-ring (bicyclic) bond motifs is 2. The first-order chi connectivity index (χ1) is 19.0. The molecule has 8 nitrogen and oxygen atoms in total. The van der Waals surface area contributed by atoms with Crippen molar-refractivity contribution in [2.24, 2.45) is 4.99 Å². The van der Waals surface area contributed by atoms with E-state index in [-0.39, 0.29) is 11.4 Å². The molecule has 0 saturated carbocycles. The highest BCUT2D eigenvalue weighted by Crippen LogP contribution is 2.43. The highest BCUT2D eigenvalue weighted by atomic mass is 32.2. The van der Waals surface area contributed by atoms with Crippen LogP contribution in [0.2, 0.25) is 0 Å². The highest BCUT2D eigenvalue weighted by molar-refractivity contribution is 7.86. The Hall–Kier alpha value is -4.02. The lowest BCUT2D eigenvalue weighted by Gasteiger charge is -2.18. The molecule has 0 amide bonds. The number of aliphatic hydroxyl groups is 2. The SMILES string of the molecule is Cc1cc(C)c(Nc2ccc3c(-c4ccccc4S(=O)(=O)O)c4ccc(=NCC(O)CO)cc-4oc3c2)c(C)c1. The number of nitrogens with one attached hydrogen (secondary N) is 1. The molecule has 3 aromatic carbocycles. The first-order valence-corrected chi connectivity index (χ1v) is 14.2. The maximum atomic E-state index is 12.3. The van der Waals surface area contributed by atoms with Crippen LogP contribution in [-0.4, -0.2) is 42.4 Å². The second kappa shape index (κ2) is 10.9. The summed E-state index contributed by atoms with van der Waals surface area (Å²) in [5.74, 6) is 0.437. The molecule has 1 unspecified atom stereocenters. The third-order valence-electron chi connectivity index (χ3n) is 6.78. The molecule has 0 aromatic heterocycles. The summed E-state index contributed by atoms with van der Waals surface area (Å²) in [6, 6.07) is 21.3. The zero-order chi connectivity index (χ0) is 28.6. The molecule has 1 heterocycles. The summed E-state index contributed by atoms with van der Waals surface area (Å²) in [6.45, 7) is 5.76. The van der Waals surface area contributed by atoms with E-state index in [4.69, 9.17) is 9.52 Å². The average Bonchev–Trinajstić information content (AvgIpc) is 2.91. The minimum atomic E-state index is -4.52. The summed E-state index contributed by atoms with van der Waals surface area (Å²) < 4.78 is 41.0. The van der Waals surface area contributed by atoms with Crippen molar-refractivity contribution in [3.63, 3.8) is 0 Å². The molecule has 2 aliphatic rings. The number of hydrogen-bond donors (Lipinski definition) is 4. The first kappa shape index (κ1) is 27.5. The van der Waals surface area contributed by atoms with E-state index in [1.165, 1.54) is 11.6 Å². The quantitative estimate of drug-likeness (QED) is 0.156. The number of aliphatic hydroxyl groups excluding tert-OH is 2. The molecule has 206 valence electrons. The van der Waals surface area contributed by atoms with Crippen LogP contribution >= 0.6 is 0 Å². The lowest BCUT2D eigenvalue weighted by atomic mass is 9.93. The van der Waals surface area contributed by atoms with Crippen molar-refractivity contribution >= 4 is 32.5 Å². The van der Waals surface area contributed by atoms with E-state index in [9.17, 15) is 18.1 Å². The maximum Gasteiger partial charge on any atom is 0.295 e. The smallest absolute Gasteiger partial charge is 0.295 e. The first-order valence-electron chi connectivity index (χ1n) is 12.8. The van der Waals surface area contributed by atoms with Gasteiger partial charge in [0, 0.05) is 45.6 Å². The van der Waals surface area contributed by atoms with Crippen molar-refractivity contribution < 1.29 is 27.6 Å². The predicted octanol–water partition coefficient (Wildman–Crippen LogP) is 5.37. The zero-order valence-electron chi connectivity index (χ0n) is 22.3. The van der Waals surface area contributed by atoms with Gasteiger partial charge >= 0.3 is 0 Å². The summed E-state index contributed by atoms with van der Waals surface area (Å²) in [4.78, 5) is 4.14. The van der Waals surface area contributed by atoms with Gasteiger partial charge in [0.25, 0.3) is 10.1 Å². The number of anilines is 2. The minimum absolute atomic E-state index is 0.0113.